The highest BCUT2D eigenvalue weighted by Gasteiger charge is 2.27. The predicted octanol–water partition coefficient (Wildman–Crippen LogP) is 2.79. The number of aromatic nitrogens is 3. The summed E-state index contributed by atoms with van der Waals surface area (Å²) in [5, 5.41) is 10.6. The fourth-order valence-electron chi connectivity index (χ4n) is 3.14. The van der Waals surface area contributed by atoms with E-state index >= 15 is 0 Å². The number of nitrogens with zero attached hydrogens (tertiary/aromatic N) is 3. The monoisotopic (exact) mass is 325 g/mol. The molecular formula is C18H23N5O. The smallest absolute Gasteiger partial charge is 0.253 e. The lowest BCUT2D eigenvalue weighted by atomic mass is 9.90. The molecule has 2 N–H and O–H groups in total. The lowest BCUT2D eigenvalue weighted by molar-refractivity contribution is 0.0957. The van der Waals surface area contributed by atoms with E-state index in [2.05, 4.69) is 27.3 Å². The zero-order chi connectivity index (χ0) is 16.8. The maximum absolute atomic E-state index is 11.9. The number of rotatable bonds is 6. The van der Waals surface area contributed by atoms with E-state index in [1.54, 1.807) is 18.3 Å². The molecule has 1 aliphatic carbocycles. The Morgan fingerprint density at radius 1 is 1.38 bits per heavy atom. The van der Waals surface area contributed by atoms with Gasteiger partial charge in [0.05, 0.1) is 11.6 Å². The van der Waals surface area contributed by atoms with E-state index in [1.165, 1.54) is 12.8 Å². The normalized spacial score (nSPS) is 20.3. The van der Waals surface area contributed by atoms with Gasteiger partial charge in [0.1, 0.15) is 5.82 Å². The van der Waals surface area contributed by atoms with Crippen LogP contribution in [-0.2, 0) is 0 Å². The van der Waals surface area contributed by atoms with E-state index in [1.807, 2.05) is 29.2 Å². The first kappa shape index (κ1) is 16.2. The van der Waals surface area contributed by atoms with Crippen molar-refractivity contribution in [2.75, 3.05) is 11.9 Å². The third kappa shape index (κ3) is 3.82. The van der Waals surface area contributed by atoms with Gasteiger partial charge in [-0.3, -0.25) is 9.48 Å². The van der Waals surface area contributed by atoms with E-state index in [0.717, 1.165) is 18.7 Å². The Morgan fingerprint density at radius 3 is 2.96 bits per heavy atom. The topological polar surface area (TPSA) is 71.8 Å². The third-order valence-electron chi connectivity index (χ3n) is 4.36. The Morgan fingerprint density at radius 2 is 2.25 bits per heavy atom. The zero-order valence-corrected chi connectivity index (χ0v) is 13.7. The molecule has 1 fully saturated rings. The van der Waals surface area contributed by atoms with Crippen molar-refractivity contribution in [2.45, 2.75) is 37.8 Å². The molecule has 2 atom stereocenters. The van der Waals surface area contributed by atoms with Crippen molar-refractivity contribution in [2.24, 2.45) is 0 Å². The van der Waals surface area contributed by atoms with Gasteiger partial charge in [-0.15, -0.1) is 6.58 Å². The summed E-state index contributed by atoms with van der Waals surface area (Å²) in [4.78, 5) is 16.3. The second-order valence-electron chi connectivity index (χ2n) is 6.02. The average Bonchev–Trinajstić information content (AvgIpc) is 3.15. The number of pyridine rings is 1. The van der Waals surface area contributed by atoms with Crippen molar-refractivity contribution in [1.82, 2.24) is 20.1 Å². The Bertz CT molecular complexity index is 665. The third-order valence-corrected chi connectivity index (χ3v) is 4.36. The van der Waals surface area contributed by atoms with E-state index in [9.17, 15) is 4.79 Å². The molecule has 0 radical (unpaired) electrons. The first-order valence-electron chi connectivity index (χ1n) is 8.39. The number of nitrogens with one attached hydrogen (secondary N) is 2. The van der Waals surface area contributed by atoms with Gasteiger partial charge in [-0.1, -0.05) is 18.9 Å². The van der Waals surface area contributed by atoms with Gasteiger partial charge in [0, 0.05) is 31.2 Å². The summed E-state index contributed by atoms with van der Waals surface area (Å²) in [6, 6.07) is 6.25. The minimum atomic E-state index is -0.138. The number of carbonyl (C=O) groups is 1. The van der Waals surface area contributed by atoms with Crippen LogP contribution in [0.2, 0.25) is 0 Å². The first-order chi connectivity index (χ1) is 11.8. The molecule has 0 unspecified atom stereocenters. The molecule has 0 spiro atoms. The van der Waals surface area contributed by atoms with Crippen LogP contribution in [0.25, 0.3) is 0 Å². The van der Waals surface area contributed by atoms with Crippen molar-refractivity contribution in [1.29, 1.82) is 0 Å². The second kappa shape index (κ2) is 7.77. The molecule has 0 saturated heterocycles. The minimum Gasteiger partial charge on any atom is -0.365 e. The van der Waals surface area contributed by atoms with E-state index in [-0.39, 0.29) is 5.91 Å². The highest BCUT2D eigenvalue weighted by Crippen LogP contribution is 2.30. The molecule has 1 aliphatic rings. The number of anilines is 1. The van der Waals surface area contributed by atoms with Crippen molar-refractivity contribution in [3.63, 3.8) is 0 Å². The maximum atomic E-state index is 11.9. The molecule has 1 saturated carbocycles. The van der Waals surface area contributed by atoms with Gasteiger partial charge < -0.3 is 10.6 Å². The largest absolute Gasteiger partial charge is 0.365 e. The molecule has 0 aromatic carbocycles. The summed E-state index contributed by atoms with van der Waals surface area (Å²) in [6.45, 7) is 4.04. The Hall–Kier alpha value is -2.63. The van der Waals surface area contributed by atoms with Crippen LogP contribution in [-0.4, -0.2) is 33.3 Å². The van der Waals surface area contributed by atoms with Gasteiger partial charge in [0.15, 0.2) is 0 Å². The van der Waals surface area contributed by atoms with Crippen molar-refractivity contribution in [3.8, 4) is 0 Å². The molecule has 2 aromatic heterocycles. The first-order valence-corrected chi connectivity index (χ1v) is 8.39. The highest BCUT2D eigenvalue weighted by molar-refractivity contribution is 5.94. The molecule has 6 nitrogen and oxygen atoms in total. The van der Waals surface area contributed by atoms with Crippen LogP contribution >= 0.6 is 0 Å². The molecule has 126 valence electrons. The molecule has 2 aromatic rings. The van der Waals surface area contributed by atoms with Gasteiger partial charge in [0.2, 0.25) is 0 Å². The fourth-order valence-corrected chi connectivity index (χ4v) is 3.14. The summed E-state index contributed by atoms with van der Waals surface area (Å²) in [7, 11) is 0. The SMILES string of the molecule is C=CCNC(=O)c1ccc(N[C@H]2CCCC[C@@H]2n2cccn2)nc1. The van der Waals surface area contributed by atoms with Gasteiger partial charge in [-0.25, -0.2) is 4.98 Å². The maximum Gasteiger partial charge on any atom is 0.253 e. The Kier molecular flexibility index (Phi) is 5.25. The van der Waals surface area contributed by atoms with Gasteiger partial charge in [0.25, 0.3) is 5.91 Å². The lowest BCUT2D eigenvalue weighted by Gasteiger charge is -2.32. The summed E-state index contributed by atoms with van der Waals surface area (Å²) >= 11 is 0. The summed E-state index contributed by atoms with van der Waals surface area (Å²) < 4.78 is 2.04. The van der Waals surface area contributed by atoms with E-state index < -0.39 is 0 Å². The van der Waals surface area contributed by atoms with Crippen molar-refractivity contribution < 1.29 is 4.79 Å². The van der Waals surface area contributed by atoms with E-state index in [4.69, 9.17) is 0 Å². The zero-order valence-electron chi connectivity index (χ0n) is 13.7. The summed E-state index contributed by atoms with van der Waals surface area (Å²) in [5.74, 6) is 0.653. The van der Waals surface area contributed by atoms with Crippen LogP contribution < -0.4 is 10.6 Å². The molecule has 6 heteroatoms. The number of carbonyl (C=O) groups excluding carboxylic acids is 1. The van der Waals surface area contributed by atoms with Crippen LogP contribution in [0.3, 0.4) is 0 Å². The molecule has 3 rings (SSSR count). The highest BCUT2D eigenvalue weighted by atomic mass is 16.1. The van der Waals surface area contributed by atoms with Gasteiger partial charge >= 0.3 is 0 Å². The standard InChI is InChI=1S/C18H23N5O/c1-2-10-19-18(24)14-8-9-17(20-13-14)22-15-6-3-4-7-16(15)23-12-5-11-21-23/h2,5,8-9,11-13,15-16H,1,3-4,6-7,10H2,(H,19,24)(H,20,22)/t15-,16-/m0/s1. The minimum absolute atomic E-state index is 0.138. The van der Waals surface area contributed by atoms with Gasteiger partial charge in [-0.05, 0) is 31.0 Å². The van der Waals surface area contributed by atoms with Crippen molar-refractivity contribution in [3.05, 3.63) is 55.0 Å². The fraction of sp³-hybridized carbons (Fsp3) is 0.389. The van der Waals surface area contributed by atoms with Crippen molar-refractivity contribution >= 4 is 11.7 Å². The van der Waals surface area contributed by atoms with Gasteiger partial charge in [-0.2, -0.15) is 5.10 Å². The Balaban J connectivity index is 1.66. The van der Waals surface area contributed by atoms with Crippen LogP contribution in [0, 0.1) is 0 Å². The Labute approximate surface area is 142 Å². The van der Waals surface area contributed by atoms with Crippen LogP contribution in [0.4, 0.5) is 5.82 Å². The summed E-state index contributed by atoms with van der Waals surface area (Å²) in [6.07, 6.45) is 11.7. The molecule has 0 aliphatic heterocycles. The predicted molar refractivity (Wildman–Crippen MR) is 93.9 cm³/mol. The molecule has 0 bridgehead atoms. The molecular weight excluding hydrogens is 302 g/mol. The molecule has 2 heterocycles. The molecule has 1 amide bonds. The number of amides is 1. The lowest BCUT2D eigenvalue weighted by Crippen LogP contribution is -2.34. The number of hydrogen-bond acceptors (Lipinski definition) is 4. The van der Waals surface area contributed by atoms with Crippen LogP contribution in [0.1, 0.15) is 42.1 Å². The summed E-state index contributed by atoms with van der Waals surface area (Å²) in [5.41, 5.74) is 0.551. The van der Waals surface area contributed by atoms with Crippen LogP contribution in [0.15, 0.2) is 49.4 Å². The quantitative estimate of drug-likeness (QED) is 0.801. The van der Waals surface area contributed by atoms with Crippen LogP contribution in [0.5, 0.6) is 0 Å². The second-order valence-corrected chi connectivity index (χ2v) is 6.02. The number of hydrogen-bond donors (Lipinski definition) is 2. The average molecular weight is 325 g/mol. The van der Waals surface area contributed by atoms with E-state index in [0.29, 0.717) is 24.2 Å². The molecule has 24 heavy (non-hydrogen) atoms.